The molecule has 88 valence electrons. The van der Waals surface area contributed by atoms with Gasteiger partial charge in [-0.15, -0.1) is 6.58 Å². The van der Waals surface area contributed by atoms with E-state index in [2.05, 4.69) is 31.9 Å². The molecule has 1 fully saturated rings. The summed E-state index contributed by atoms with van der Waals surface area (Å²) in [4.78, 5) is 0. The lowest BCUT2D eigenvalue weighted by Crippen LogP contribution is -2.53. The van der Waals surface area contributed by atoms with E-state index in [0.717, 1.165) is 0 Å². The van der Waals surface area contributed by atoms with Crippen LogP contribution < -0.4 is 0 Å². The van der Waals surface area contributed by atoms with Gasteiger partial charge in [0, 0.05) is 0 Å². The van der Waals surface area contributed by atoms with Crippen LogP contribution in [-0.4, -0.2) is 25.9 Å². The Hall–Kier alpha value is -0.0831. The predicted octanol–water partition coefficient (Wildman–Crippen LogP) is 3.96. The molecule has 0 amide bonds. The number of nitrogens with zero attached hydrogens (tertiary/aromatic N) is 1. The first-order chi connectivity index (χ1) is 7.17. The second-order valence-corrected chi connectivity index (χ2v) is 9.56. The minimum Gasteiger partial charge on any atom is -0.320 e. The standard InChI is InChI=1S/C13H27NSi/c1-5-11-15(12-6-2,13(3)4)14-9-7-8-10-14/h3,5-12H2,1-2,4H3. The number of hydrogen-bond acceptors (Lipinski definition) is 1. The van der Waals surface area contributed by atoms with Gasteiger partial charge < -0.3 is 4.57 Å². The van der Waals surface area contributed by atoms with Crippen LogP contribution >= 0.6 is 0 Å². The van der Waals surface area contributed by atoms with Gasteiger partial charge in [-0.25, -0.2) is 0 Å². The zero-order valence-corrected chi connectivity index (χ0v) is 11.8. The topological polar surface area (TPSA) is 3.24 Å². The predicted molar refractivity (Wildman–Crippen MR) is 71.6 cm³/mol. The summed E-state index contributed by atoms with van der Waals surface area (Å²) in [7, 11) is -1.30. The molecule has 0 aromatic rings. The number of rotatable bonds is 6. The lowest BCUT2D eigenvalue weighted by Gasteiger charge is -2.40. The Balaban J connectivity index is 2.83. The van der Waals surface area contributed by atoms with Crippen molar-refractivity contribution in [2.75, 3.05) is 13.1 Å². The highest BCUT2D eigenvalue weighted by Crippen LogP contribution is 2.32. The maximum atomic E-state index is 4.33. The highest BCUT2D eigenvalue weighted by molar-refractivity contribution is 6.83. The molecule has 15 heavy (non-hydrogen) atoms. The minimum absolute atomic E-state index is 1.30. The summed E-state index contributed by atoms with van der Waals surface area (Å²) in [6.45, 7) is 14.0. The summed E-state index contributed by atoms with van der Waals surface area (Å²) in [5.74, 6) is 0. The number of allylic oxidation sites excluding steroid dienone is 1. The Kier molecular flexibility index (Phi) is 5.07. The zero-order valence-electron chi connectivity index (χ0n) is 10.8. The molecule has 0 unspecified atom stereocenters. The normalized spacial score (nSPS) is 18.3. The average Bonchev–Trinajstić information content (AvgIpc) is 2.70. The van der Waals surface area contributed by atoms with Crippen molar-refractivity contribution in [1.82, 2.24) is 4.57 Å². The third-order valence-electron chi connectivity index (χ3n) is 3.83. The minimum atomic E-state index is -1.30. The second kappa shape index (κ2) is 5.85. The lowest BCUT2D eigenvalue weighted by molar-refractivity contribution is 0.508. The van der Waals surface area contributed by atoms with Crippen LogP contribution in [0.2, 0.25) is 12.1 Å². The maximum absolute atomic E-state index is 4.33. The first-order valence-electron chi connectivity index (χ1n) is 6.58. The van der Waals surface area contributed by atoms with Crippen molar-refractivity contribution in [3.05, 3.63) is 11.8 Å². The van der Waals surface area contributed by atoms with E-state index in [-0.39, 0.29) is 0 Å². The van der Waals surface area contributed by atoms with Crippen LogP contribution in [0.3, 0.4) is 0 Å². The molecule has 0 aromatic heterocycles. The van der Waals surface area contributed by atoms with Gasteiger partial charge in [-0.1, -0.05) is 31.9 Å². The molecule has 1 aliphatic heterocycles. The van der Waals surface area contributed by atoms with Gasteiger partial charge in [-0.3, -0.25) is 0 Å². The van der Waals surface area contributed by atoms with Crippen LogP contribution in [0.5, 0.6) is 0 Å². The van der Waals surface area contributed by atoms with Crippen LogP contribution in [-0.2, 0) is 0 Å². The Labute approximate surface area is 96.6 Å². The van der Waals surface area contributed by atoms with E-state index in [4.69, 9.17) is 0 Å². The van der Waals surface area contributed by atoms with E-state index >= 15 is 0 Å². The Morgan fingerprint density at radius 3 is 1.93 bits per heavy atom. The summed E-state index contributed by atoms with van der Waals surface area (Å²) in [6, 6.07) is 2.85. The van der Waals surface area contributed by atoms with Gasteiger partial charge in [0.15, 0.2) is 8.24 Å². The van der Waals surface area contributed by atoms with E-state index in [0.29, 0.717) is 0 Å². The van der Waals surface area contributed by atoms with Gasteiger partial charge >= 0.3 is 0 Å². The fourth-order valence-corrected chi connectivity index (χ4v) is 8.21. The molecule has 0 spiro atoms. The molecular formula is C13H27NSi. The molecule has 1 nitrogen and oxygen atoms in total. The summed E-state index contributed by atoms with van der Waals surface area (Å²) >= 11 is 0. The molecule has 1 saturated heterocycles. The van der Waals surface area contributed by atoms with E-state index in [1.54, 1.807) is 0 Å². The van der Waals surface area contributed by atoms with Crippen molar-refractivity contribution >= 4 is 8.24 Å². The first kappa shape index (κ1) is 13.0. The van der Waals surface area contributed by atoms with Gasteiger partial charge in [-0.05, 0) is 44.9 Å². The van der Waals surface area contributed by atoms with Gasteiger partial charge in [0.2, 0.25) is 0 Å². The van der Waals surface area contributed by atoms with Crippen molar-refractivity contribution in [3.8, 4) is 0 Å². The first-order valence-corrected chi connectivity index (χ1v) is 8.94. The van der Waals surface area contributed by atoms with Crippen LogP contribution in [0.4, 0.5) is 0 Å². The van der Waals surface area contributed by atoms with Crippen LogP contribution in [0, 0.1) is 0 Å². The molecular weight excluding hydrogens is 198 g/mol. The van der Waals surface area contributed by atoms with Crippen molar-refractivity contribution < 1.29 is 0 Å². The molecule has 1 heterocycles. The van der Waals surface area contributed by atoms with Crippen LogP contribution in [0.15, 0.2) is 11.8 Å². The SMILES string of the molecule is C=C(C)[Si](CCC)(CCC)N1CCCC1. The third kappa shape index (κ3) is 2.73. The monoisotopic (exact) mass is 225 g/mol. The lowest BCUT2D eigenvalue weighted by atomic mass is 10.4. The van der Waals surface area contributed by atoms with Crippen molar-refractivity contribution in [2.45, 2.75) is 58.5 Å². The Morgan fingerprint density at radius 2 is 1.60 bits per heavy atom. The summed E-state index contributed by atoms with van der Waals surface area (Å²) in [6.07, 6.45) is 5.48. The van der Waals surface area contributed by atoms with Crippen LogP contribution in [0.25, 0.3) is 0 Å². The highest BCUT2D eigenvalue weighted by atomic mass is 28.3. The average molecular weight is 225 g/mol. The van der Waals surface area contributed by atoms with Crippen molar-refractivity contribution in [1.29, 1.82) is 0 Å². The van der Waals surface area contributed by atoms with E-state index in [1.807, 2.05) is 0 Å². The molecule has 0 aromatic carbocycles. The third-order valence-corrected chi connectivity index (χ3v) is 9.73. The van der Waals surface area contributed by atoms with E-state index < -0.39 is 8.24 Å². The van der Waals surface area contributed by atoms with Crippen molar-refractivity contribution in [3.63, 3.8) is 0 Å². The van der Waals surface area contributed by atoms with E-state index in [1.165, 1.54) is 56.1 Å². The highest BCUT2D eigenvalue weighted by Gasteiger charge is 2.39. The van der Waals surface area contributed by atoms with Crippen LogP contribution in [0.1, 0.15) is 46.5 Å². The molecule has 2 heteroatoms. The molecule has 0 radical (unpaired) electrons. The number of hydrogen-bond donors (Lipinski definition) is 0. The Morgan fingerprint density at radius 1 is 1.13 bits per heavy atom. The van der Waals surface area contributed by atoms with E-state index in [9.17, 15) is 0 Å². The Bertz CT molecular complexity index is 201. The largest absolute Gasteiger partial charge is 0.320 e. The van der Waals surface area contributed by atoms with Crippen molar-refractivity contribution in [2.24, 2.45) is 0 Å². The van der Waals surface area contributed by atoms with Gasteiger partial charge in [-0.2, -0.15) is 0 Å². The zero-order chi connectivity index (χ0) is 11.3. The quantitative estimate of drug-likeness (QED) is 0.618. The molecule has 0 bridgehead atoms. The summed E-state index contributed by atoms with van der Waals surface area (Å²) in [5.41, 5.74) is 0. The molecule has 1 aliphatic rings. The summed E-state index contributed by atoms with van der Waals surface area (Å²) < 4.78 is 2.84. The van der Waals surface area contributed by atoms with Gasteiger partial charge in [0.25, 0.3) is 0 Å². The van der Waals surface area contributed by atoms with Gasteiger partial charge in [0.1, 0.15) is 0 Å². The fraction of sp³-hybridized carbons (Fsp3) is 0.846. The molecule has 0 atom stereocenters. The smallest absolute Gasteiger partial charge is 0.155 e. The molecule has 0 N–H and O–H groups in total. The molecule has 0 saturated carbocycles. The molecule has 0 aliphatic carbocycles. The second-order valence-electron chi connectivity index (χ2n) is 5.01. The summed E-state index contributed by atoms with van der Waals surface area (Å²) in [5, 5.41) is 1.52. The maximum Gasteiger partial charge on any atom is 0.155 e. The molecule has 1 rings (SSSR count). The fourth-order valence-electron chi connectivity index (χ4n) is 3.11. The van der Waals surface area contributed by atoms with Gasteiger partial charge in [0.05, 0.1) is 0 Å².